The Kier molecular flexibility index (Phi) is 32.3. The van der Waals surface area contributed by atoms with Gasteiger partial charge in [0.2, 0.25) is 0 Å². The summed E-state index contributed by atoms with van der Waals surface area (Å²) < 4.78 is 125. The first-order chi connectivity index (χ1) is 69.8. The van der Waals surface area contributed by atoms with Gasteiger partial charge in [0.1, 0.15) is 35.1 Å². The van der Waals surface area contributed by atoms with Gasteiger partial charge in [0.25, 0.3) is 11.8 Å². The van der Waals surface area contributed by atoms with Crippen molar-refractivity contribution in [2.45, 2.75) is 428 Å². The summed E-state index contributed by atoms with van der Waals surface area (Å²) in [6.45, 7) is 38.7. The van der Waals surface area contributed by atoms with Crippen LogP contribution in [-0.2, 0) is 105 Å². The van der Waals surface area contributed by atoms with Crippen molar-refractivity contribution in [2.24, 2.45) is 209 Å². The Balaban J connectivity index is 0.000000126. The first-order valence-electron chi connectivity index (χ1n) is 58.3. The molecule has 0 aromatic heterocycles. The second-order valence-electron chi connectivity index (χ2n) is 59.1. The molecule has 0 spiro atoms. The van der Waals surface area contributed by atoms with Crippen LogP contribution in [0.25, 0.3) is 0 Å². The third-order valence-electron chi connectivity index (χ3n) is 42.3. The largest absolute Gasteiger partial charge is 0.469 e. The van der Waals surface area contributed by atoms with E-state index < -0.39 is 92.9 Å². The number of aliphatic hydroxyl groups is 4. The van der Waals surface area contributed by atoms with Crippen LogP contribution in [-0.4, -0.2) is 204 Å². The molecule has 0 radical (unpaired) electrons. The molecule has 24 unspecified atom stereocenters. The van der Waals surface area contributed by atoms with Crippen molar-refractivity contribution in [1.29, 1.82) is 0 Å². The van der Waals surface area contributed by atoms with Crippen LogP contribution in [0.2, 0.25) is 0 Å². The molecule has 3 aliphatic heterocycles. The summed E-state index contributed by atoms with van der Waals surface area (Å²) in [6.07, 6.45) is 28.3. The first-order valence-corrected chi connectivity index (χ1v) is 58.3. The highest BCUT2D eigenvalue weighted by Crippen LogP contribution is 2.70. The number of hydrogen-bond donors (Lipinski definition) is 4. The fraction of sp³-hybridized carbons (Fsp3) is 0.917. The summed E-state index contributed by atoms with van der Waals surface area (Å²) in [6, 6.07) is 0. The lowest BCUT2D eigenvalue weighted by Gasteiger charge is -2.60. The third-order valence-corrected chi connectivity index (χ3v) is 42.3. The predicted molar refractivity (Wildman–Crippen MR) is 544 cm³/mol. The molecule has 24 atom stereocenters. The molecule has 3 saturated heterocycles. The van der Waals surface area contributed by atoms with E-state index in [4.69, 9.17) is 52.1 Å². The van der Waals surface area contributed by atoms with E-state index in [1.165, 1.54) is 126 Å². The summed E-state index contributed by atoms with van der Waals surface area (Å²) in [5.74, 6) is -3.32. The summed E-state index contributed by atoms with van der Waals surface area (Å²) in [5, 5.41) is 40.9. The Morgan fingerprint density at radius 3 is 1.07 bits per heavy atom. The number of carbonyl (C=O) groups excluding carboxylic acids is 10. The molecule has 3 heterocycles. The van der Waals surface area contributed by atoms with E-state index >= 15 is 0 Å². The standard InChI is InChI=1S/C27H38O6.C26H36O6.C23H34O6.2C19H32F2O3.C6H12O2/c1-5-27(15-7-13-6-14(9-15)10-16(27)8-13)33-24(29)20-17-11-18-21(20)23(28)32-22(18)19(17)12-31-25(30)26(2,3)4;1-25(2,3)24(29)30-11-18-16-10-17-20(22(27)31-21(17)18)19(16)23(28)32-26(4)14-6-12-5-13(8-14)9-15(26)7-12;1-5-23(9-7-6-8-10-23)29-20(25)16-13-11-14-17(16)19(24)28-18(14)15(13)12-27-21(26)22(2,3)4;1-16(2,3)19(20,21)9-15(22)10-24-12-17-5-13-4-14(6-17)8-18(23,7-13)11-17;1-17(2,3)19(20,21)9-15(22)10-24-11-18-6-12-4-13(7-18)16(23)14(5-12)8-18;1-6(2,3)5(7)8-4/h13-22H,5-12H2,1-4H3;12-21H,5-11H2,1-4H3;13-18H,5-12H2,1-4H3;13-15,22-23H,4-12H2,1-3H3;12-16,22-23H,4-11H2,1-3H3;1-4H3. The molecule has 23 aliphatic carbocycles. The Hall–Kier alpha value is -5.82. The van der Waals surface area contributed by atoms with E-state index in [1.807, 2.05) is 83.1 Å². The van der Waals surface area contributed by atoms with Crippen LogP contribution in [0, 0.1) is 209 Å². The average Bonchev–Trinajstić information content (AvgIpc) is 1.55. The minimum absolute atomic E-state index is 0.00883. The van der Waals surface area contributed by atoms with E-state index in [-0.39, 0.29) is 216 Å². The van der Waals surface area contributed by atoms with Gasteiger partial charge in [0, 0.05) is 59.2 Å². The van der Waals surface area contributed by atoms with Gasteiger partial charge < -0.3 is 77.3 Å². The molecule has 26 aliphatic rings. The molecule has 848 valence electrons. The van der Waals surface area contributed by atoms with Gasteiger partial charge in [-0.05, 0) is 388 Å². The lowest BCUT2D eigenvalue weighted by molar-refractivity contribution is -0.217. The molecule has 26 fully saturated rings. The van der Waals surface area contributed by atoms with Crippen LogP contribution >= 0.6 is 0 Å². The van der Waals surface area contributed by atoms with Crippen molar-refractivity contribution in [1.82, 2.24) is 0 Å². The molecule has 0 amide bonds. The number of methoxy groups -OCH3 is 1. The fourth-order valence-electron chi connectivity index (χ4n) is 35.3. The maximum absolute atomic E-state index is 14.0. The van der Waals surface area contributed by atoms with Crippen molar-refractivity contribution in [3.05, 3.63) is 0 Å². The second-order valence-corrected chi connectivity index (χ2v) is 59.1. The molecule has 23 saturated carbocycles. The quantitative estimate of drug-likeness (QED) is 0.0355. The molecule has 0 aromatic rings. The number of rotatable bonds is 26. The normalized spacial score (nSPS) is 42.0. The van der Waals surface area contributed by atoms with Crippen molar-refractivity contribution in [2.75, 3.05) is 53.4 Å². The first kappa shape index (κ1) is 115. The molecule has 26 nitrogen and oxygen atoms in total. The van der Waals surface area contributed by atoms with Crippen LogP contribution in [0.15, 0.2) is 0 Å². The fourth-order valence-corrected chi connectivity index (χ4v) is 35.3. The highest BCUT2D eigenvalue weighted by Gasteiger charge is 2.74. The van der Waals surface area contributed by atoms with Crippen molar-refractivity contribution in [3.8, 4) is 0 Å². The minimum Gasteiger partial charge on any atom is -0.469 e. The number of aliphatic hydroxyl groups excluding tert-OH is 3. The van der Waals surface area contributed by atoms with Gasteiger partial charge >= 0.3 is 59.7 Å². The topological polar surface area (TPSA) is 362 Å². The Bertz CT molecular complexity index is 4810. The second kappa shape index (κ2) is 42.1. The van der Waals surface area contributed by atoms with Crippen LogP contribution in [0.5, 0.6) is 0 Å². The number of halogens is 4. The number of alkyl halides is 4. The smallest absolute Gasteiger partial charge is 0.311 e. The number of ether oxygens (including phenoxy) is 12. The predicted octanol–water partition coefficient (Wildman–Crippen LogP) is 20.2. The van der Waals surface area contributed by atoms with Crippen molar-refractivity contribution in [3.63, 3.8) is 0 Å². The van der Waals surface area contributed by atoms with E-state index in [2.05, 4.69) is 25.5 Å². The van der Waals surface area contributed by atoms with Crippen molar-refractivity contribution < 1.29 is 143 Å². The van der Waals surface area contributed by atoms with E-state index in [0.717, 1.165) is 146 Å². The van der Waals surface area contributed by atoms with E-state index in [0.29, 0.717) is 66.5 Å². The third kappa shape index (κ3) is 22.7. The Labute approximate surface area is 888 Å². The zero-order chi connectivity index (χ0) is 109. The Morgan fingerprint density at radius 1 is 0.400 bits per heavy atom. The Morgan fingerprint density at radius 2 is 0.740 bits per heavy atom. The summed E-state index contributed by atoms with van der Waals surface area (Å²) in [5.41, 5.74) is -6.03. The summed E-state index contributed by atoms with van der Waals surface area (Å²) >= 11 is 0. The van der Waals surface area contributed by atoms with Crippen LogP contribution in [0.3, 0.4) is 0 Å². The summed E-state index contributed by atoms with van der Waals surface area (Å²) in [4.78, 5) is 126. The van der Waals surface area contributed by atoms with Gasteiger partial charge in [0.05, 0.1) is 134 Å². The lowest BCUT2D eigenvalue weighted by Crippen LogP contribution is -2.60. The maximum Gasteiger partial charge on any atom is 0.311 e. The van der Waals surface area contributed by atoms with Gasteiger partial charge in [-0.2, -0.15) is 0 Å². The summed E-state index contributed by atoms with van der Waals surface area (Å²) in [7, 11) is 1.40. The van der Waals surface area contributed by atoms with Gasteiger partial charge in [-0.1, -0.05) is 61.8 Å². The number of esters is 10. The molecule has 26 rings (SSSR count). The SMILES string of the molecule is CC(C)(C)C(=O)OCC1C2CC3C1OC(=O)C3C2C(=O)OC1(C)C2CC3CC(C2)CC1C3.CC(C)(C)C(F)(F)CC(O)COCC12CC3CC(C1)C(O)C(C3)C2.CC(C)(C)C(F)(F)CC(O)COCC12CC3CC(CC(O)(C3)C1)C2.CCC1(OC(=O)C2C3CC4C(OC(=O)C42)C3COC(=O)C(C)(C)C)C2CC3CC(C2)CC1C3.CCC1(OC(=O)C2C3CC4C(OC(=O)C42)C3COC(=O)C(C)(C)C)CCCCC1.COC(=O)C(C)(C)C. The highest BCUT2D eigenvalue weighted by molar-refractivity contribution is 5.88. The van der Waals surface area contributed by atoms with E-state index in [1.54, 1.807) is 0 Å². The van der Waals surface area contributed by atoms with Crippen LogP contribution in [0.4, 0.5) is 17.6 Å². The van der Waals surface area contributed by atoms with Crippen molar-refractivity contribution >= 4 is 59.7 Å². The zero-order valence-corrected chi connectivity index (χ0v) is 94.2. The molecular weight excluding hydrogens is 1930 g/mol. The van der Waals surface area contributed by atoms with Gasteiger partial charge in [-0.25, -0.2) is 17.6 Å². The number of carbonyl (C=O) groups is 10. The zero-order valence-electron chi connectivity index (χ0n) is 94.2. The minimum atomic E-state index is -2.92. The van der Waals surface area contributed by atoms with Crippen LogP contribution < -0.4 is 0 Å². The van der Waals surface area contributed by atoms with Crippen LogP contribution in [0.1, 0.15) is 357 Å². The molecular formula is C120H184F4O26. The van der Waals surface area contributed by atoms with E-state index in [9.17, 15) is 85.9 Å². The maximum atomic E-state index is 14.0. The lowest BCUT2D eigenvalue weighted by atomic mass is 9.48. The monoisotopic (exact) mass is 2120 g/mol. The molecule has 4 N–H and O–H groups in total. The van der Waals surface area contributed by atoms with Gasteiger partial charge in [-0.3, -0.25) is 47.9 Å². The number of hydrogen-bond acceptors (Lipinski definition) is 26. The van der Waals surface area contributed by atoms with Gasteiger partial charge in [0.15, 0.2) is 0 Å². The van der Waals surface area contributed by atoms with Gasteiger partial charge in [-0.15, -0.1) is 0 Å². The molecule has 30 heteroatoms. The average molecular weight is 2120 g/mol. The number of fused-ring (bicyclic) bond motifs is 3. The highest BCUT2D eigenvalue weighted by atomic mass is 19.3. The molecule has 150 heavy (non-hydrogen) atoms. The molecule has 0 aromatic carbocycles. The molecule has 22 bridgehead atoms.